The molecule has 128 valence electrons. The lowest BCUT2D eigenvalue weighted by Crippen LogP contribution is -2.46. The van der Waals surface area contributed by atoms with Gasteiger partial charge in [-0.25, -0.2) is 0 Å². The molecule has 3 rings (SSSR count). The number of rotatable bonds is 4. The lowest BCUT2D eigenvalue weighted by molar-refractivity contribution is 0.249. The van der Waals surface area contributed by atoms with Crippen molar-refractivity contribution in [3.63, 3.8) is 0 Å². The molecule has 24 heavy (non-hydrogen) atoms. The van der Waals surface area contributed by atoms with Crippen LogP contribution in [0.2, 0.25) is 5.02 Å². The van der Waals surface area contributed by atoms with Crippen molar-refractivity contribution in [3.05, 3.63) is 58.1 Å². The predicted molar refractivity (Wildman–Crippen MR) is 101 cm³/mol. The highest BCUT2D eigenvalue weighted by atomic mass is 35.5. The molecule has 3 nitrogen and oxygen atoms in total. The summed E-state index contributed by atoms with van der Waals surface area (Å²) in [4.78, 5) is 4.96. The normalized spacial score (nSPS) is 15.6. The number of methoxy groups -OCH3 is 1. The summed E-state index contributed by atoms with van der Waals surface area (Å²) < 4.78 is 5.41. The Kier molecular flexibility index (Phi) is 5.32. The zero-order valence-corrected chi connectivity index (χ0v) is 15.4. The van der Waals surface area contributed by atoms with E-state index in [0.29, 0.717) is 0 Å². The maximum Gasteiger partial charge on any atom is 0.122 e. The molecular weight excluding hydrogens is 320 g/mol. The number of nitrogens with zero attached hydrogens (tertiary/aromatic N) is 2. The van der Waals surface area contributed by atoms with Gasteiger partial charge in [-0.3, -0.25) is 4.90 Å². The minimum atomic E-state index is 0.794. The highest BCUT2D eigenvalue weighted by Crippen LogP contribution is 2.24. The van der Waals surface area contributed by atoms with E-state index in [9.17, 15) is 0 Å². The van der Waals surface area contributed by atoms with Gasteiger partial charge in [0.15, 0.2) is 0 Å². The van der Waals surface area contributed by atoms with Crippen LogP contribution in [0.4, 0.5) is 5.69 Å². The Bertz CT molecular complexity index is 692. The lowest BCUT2D eigenvalue weighted by Gasteiger charge is -2.36. The van der Waals surface area contributed by atoms with Crippen molar-refractivity contribution in [2.24, 2.45) is 0 Å². The maximum absolute atomic E-state index is 5.98. The van der Waals surface area contributed by atoms with E-state index in [4.69, 9.17) is 16.3 Å². The Morgan fingerprint density at radius 3 is 2.25 bits per heavy atom. The molecule has 1 fully saturated rings. The zero-order chi connectivity index (χ0) is 17.1. The summed E-state index contributed by atoms with van der Waals surface area (Å²) >= 11 is 5.98. The van der Waals surface area contributed by atoms with Crippen LogP contribution in [-0.4, -0.2) is 38.2 Å². The molecule has 1 saturated heterocycles. The van der Waals surface area contributed by atoms with Gasteiger partial charge >= 0.3 is 0 Å². The van der Waals surface area contributed by atoms with E-state index >= 15 is 0 Å². The molecule has 0 radical (unpaired) electrons. The van der Waals surface area contributed by atoms with E-state index in [-0.39, 0.29) is 0 Å². The molecule has 2 aromatic carbocycles. The van der Waals surface area contributed by atoms with Crippen molar-refractivity contribution in [2.45, 2.75) is 20.4 Å². The summed E-state index contributed by atoms with van der Waals surface area (Å²) in [6.45, 7) is 9.54. The standard InChI is InChI=1S/C20H25ClN2O/c1-15-13-20(24-3)16(2)12-17(15)14-22-8-10-23(11-9-22)19-6-4-18(21)5-7-19/h4-7,12-13H,8-11,14H2,1-3H3. The fourth-order valence-electron chi connectivity index (χ4n) is 3.30. The fourth-order valence-corrected chi connectivity index (χ4v) is 3.42. The first kappa shape index (κ1) is 17.1. The molecular formula is C20H25ClN2O. The van der Waals surface area contributed by atoms with Crippen LogP contribution < -0.4 is 9.64 Å². The molecule has 1 aliphatic rings. The van der Waals surface area contributed by atoms with Gasteiger partial charge in [-0.15, -0.1) is 0 Å². The van der Waals surface area contributed by atoms with Crippen molar-refractivity contribution in [1.82, 2.24) is 4.90 Å². The second-order valence-electron chi connectivity index (χ2n) is 6.49. The second-order valence-corrected chi connectivity index (χ2v) is 6.92. The van der Waals surface area contributed by atoms with E-state index in [1.807, 2.05) is 12.1 Å². The number of aryl methyl sites for hydroxylation is 2. The topological polar surface area (TPSA) is 15.7 Å². The fraction of sp³-hybridized carbons (Fsp3) is 0.400. The summed E-state index contributed by atoms with van der Waals surface area (Å²) in [6, 6.07) is 12.6. The van der Waals surface area contributed by atoms with Crippen molar-refractivity contribution in [2.75, 3.05) is 38.2 Å². The van der Waals surface area contributed by atoms with E-state index in [2.05, 4.69) is 47.9 Å². The molecule has 0 spiro atoms. The quantitative estimate of drug-likeness (QED) is 0.823. The Morgan fingerprint density at radius 1 is 0.958 bits per heavy atom. The summed E-state index contributed by atoms with van der Waals surface area (Å²) in [6.07, 6.45) is 0. The van der Waals surface area contributed by atoms with Crippen LogP contribution in [0.5, 0.6) is 5.75 Å². The van der Waals surface area contributed by atoms with E-state index in [1.165, 1.54) is 22.4 Å². The predicted octanol–water partition coefficient (Wildman–Crippen LogP) is 4.29. The molecule has 0 amide bonds. The second kappa shape index (κ2) is 7.45. The number of halogens is 1. The summed E-state index contributed by atoms with van der Waals surface area (Å²) in [7, 11) is 1.73. The zero-order valence-electron chi connectivity index (χ0n) is 14.7. The van der Waals surface area contributed by atoms with Gasteiger partial charge in [0.2, 0.25) is 0 Å². The number of piperazine rings is 1. The average Bonchev–Trinajstić information content (AvgIpc) is 2.59. The van der Waals surface area contributed by atoms with Gasteiger partial charge in [-0.05, 0) is 60.9 Å². The summed E-state index contributed by atoms with van der Waals surface area (Å²) in [5.74, 6) is 0.976. The van der Waals surface area contributed by atoms with Crippen LogP contribution in [0, 0.1) is 13.8 Å². The first-order valence-electron chi connectivity index (χ1n) is 8.44. The molecule has 0 saturated carbocycles. The molecule has 0 bridgehead atoms. The minimum Gasteiger partial charge on any atom is -0.496 e. The number of hydrogen-bond donors (Lipinski definition) is 0. The summed E-state index contributed by atoms with van der Waals surface area (Å²) in [5, 5.41) is 0.794. The van der Waals surface area contributed by atoms with Gasteiger partial charge < -0.3 is 9.64 Å². The smallest absolute Gasteiger partial charge is 0.122 e. The van der Waals surface area contributed by atoms with Gasteiger partial charge in [0.05, 0.1) is 7.11 Å². The van der Waals surface area contributed by atoms with E-state index in [1.54, 1.807) is 7.11 Å². The Morgan fingerprint density at radius 2 is 1.62 bits per heavy atom. The third kappa shape index (κ3) is 3.85. The highest BCUT2D eigenvalue weighted by molar-refractivity contribution is 6.30. The number of ether oxygens (including phenoxy) is 1. The highest BCUT2D eigenvalue weighted by Gasteiger charge is 2.18. The minimum absolute atomic E-state index is 0.794. The van der Waals surface area contributed by atoms with Gasteiger partial charge in [-0.2, -0.15) is 0 Å². The lowest BCUT2D eigenvalue weighted by atomic mass is 10.0. The molecule has 0 aromatic heterocycles. The monoisotopic (exact) mass is 344 g/mol. The third-order valence-electron chi connectivity index (χ3n) is 4.81. The maximum atomic E-state index is 5.98. The molecule has 2 aromatic rings. The Balaban J connectivity index is 1.61. The molecule has 4 heteroatoms. The van der Waals surface area contributed by atoms with Gasteiger partial charge in [0, 0.05) is 43.4 Å². The molecule has 1 heterocycles. The van der Waals surface area contributed by atoms with Crippen LogP contribution in [0.3, 0.4) is 0 Å². The molecule has 0 unspecified atom stereocenters. The van der Waals surface area contributed by atoms with Crippen LogP contribution in [0.25, 0.3) is 0 Å². The van der Waals surface area contributed by atoms with Crippen LogP contribution in [0.15, 0.2) is 36.4 Å². The average molecular weight is 345 g/mol. The number of benzene rings is 2. The SMILES string of the molecule is COc1cc(C)c(CN2CCN(c3ccc(Cl)cc3)CC2)cc1C. The summed E-state index contributed by atoms with van der Waals surface area (Å²) in [5.41, 5.74) is 5.17. The van der Waals surface area contributed by atoms with Gasteiger partial charge in [-0.1, -0.05) is 17.7 Å². The van der Waals surface area contributed by atoms with Crippen molar-refractivity contribution < 1.29 is 4.74 Å². The van der Waals surface area contributed by atoms with Crippen LogP contribution in [-0.2, 0) is 6.54 Å². The van der Waals surface area contributed by atoms with E-state index in [0.717, 1.165) is 43.5 Å². The van der Waals surface area contributed by atoms with Crippen LogP contribution >= 0.6 is 11.6 Å². The molecule has 0 aliphatic carbocycles. The van der Waals surface area contributed by atoms with Crippen molar-refractivity contribution in [1.29, 1.82) is 0 Å². The Labute approximate surface area is 149 Å². The third-order valence-corrected chi connectivity index (χ3v) is 5.06. The van der Waals surface area contributed by atoms with Crippen LogP contribution in [0.1, 0.15) is 16.7 Å². The van der Waals surface area contributed by atoms with Crippen molar-refractivity contribution >= 4 is 17.3 Å². The van der Waals surface area contributed by atoms with Gasteiger partial charge in [0.25, 0.3) is 0 Å². The van der Waals surface area contributed by atoms with Crippen molar-refractivity contribution in [3.8, 4) is 5.75 Å². The first-order chi connectivity index (χ1) is 11.6. The number of hydrogen-bond acceptors (Lipinski definition) is 3. The molecule has 0 N–H and O–H groups in total. The molecule has 0 atom stereocenters. The first-order valence-corrected chi connectivity index (χ1v) is 8.81. The largest absolute Gasteiger partial charge is 0.496 e. The van der Waals surface area contributed by atoms with Gasteiger partial charge in [0.1, 0.15) is 5.75 Å². The number of anilines is 1. The Hall–Kier alpha value is -1.71. The van der Waals surface area contributed by atoms with E-state index < -0.39 is 0 Å². The molecule has 1 aliphatic heterocycles.